The Kier molecular flexibility index (Phi) is 1.02. The molecule has 2 aliphatic carbocycles. The first-order chi connectivity index (χ1) is 6.20. The average molecular weight is 174 g/mol. The summed E-state index contributed by atoms with van der Waals surface area (Å²) in [5.41, 5.74) is 3.08. The molecular formula is C11H10O2. The molecule has 66 valence electrons. The Morgan fingerprint density at radius 2 is 1.85 bits per heavy atom. The van der Waals surface area contributed by atoms with Crippen molar-refractivity contribution in [3.63, 3.8) is 0 Å². The van der Waals surface area contributed by atoms with Crippen molar-refractivity contribution in [2.24, 2.45) is 5.92 Å². The van der Waals surface area contributed by atoms with Gasteiger partial charge in [-0.3, -0.25) is 0 Å². The fourth-order valence-electron chi connectivity index (χ4n) is 2.32. The predicted molar refractivity (Wildman–Crippen MR) is 49.7 cm³/mol. The molecule has 2 aliphatic rings. The van der Waals surface area contributed by atoms with E-state index in [9.17, 15) is 10.2 Å². The molecule has 1 fully saturated rings. The van der Waals surface area contributed by atoms with E-state index in [1.165, 1.54) is 5.57 Å². The van der Waals surface area contributed by atoms with Gasteiger partial charge in [-0.05, 0) is 18.1 Å². The van der Waals surface area contributed by atoms with E-state index in [2.05, 4.69) is 6.92 Å². The molecule has 0 saturated heterocycles. The third-order valence-corrected chi connectivity index (χ3v) is 3.14. The molecule has 0 heterocycles. The molecule has 0 bridgehead atoms. The topological polar surface area (TPSA) is 40.5 Å². The minimum absolute atomic E-state index is 0.278. The second-order valence-corrected chi connectivity index (χ2v) is 3.84. The molecule has 2 N–H and O–H groups in total. The number of benzene rings is 1. The molecule has 1 aromatic carbocycles. The molecular weight excluding hydrogens is 164 g/mol. The van der Waals surface area contributed by atoms with Gasteiger partial charge in [0.25, 0.3) is 0 Å². The lowest BCUT2D eigenvalue weighted by atomic mass is 10.0. The van der Waals surface area contributed by atoms with E-state index in [4.69, 9.17) is 0 Å². The van der Waals surface area contributed by atoms with Crippen LogP contribution in [0.5, 0.6) is 11.5 Å². The van der Waals surface area contributed by atoms with Gasteiger partial charge in [0.1, 0.15) is 11.5 Å². The minimum atomic E-state index is 0.278. The number of fused-ring (bicyclic) bond motifs is 3. The van der Waals surface area contributed by atoms with E-state index in [1.807, 2.05) is 6.08 Å². The Morgan fingerprint density at radius 3 is 2.62 bits per heavy atom. The number of aromatic hydroxyl groups is 2. The Labute approximate surface area is 76.1 Å². The summed E-state index contributed by atoms with van der Waals surface area (Å²) in [6, 6.07) is 3.11. The van der Waals surface area contributed by atoms with Crippen molar-refractivity contribution in [2.45, 2.75) is 12.8 Å². The lowest BCUT2D eigenvalue weighted by molar-refractivity contribution is 0.453. The largest absolute Gasteiger partial charge is 0.508 e. The molecule has 13 heavy (non-hydrogen) atoms. The molecule has 2 unspecified atom stereocenters. The summed E-state index contributed by atoms with van der Waals surface area (Å²) in [5, 5.41) is 19.2. The van der Waals surface area contributed by atoms with Crippen LogP contribution in [-0.2, 0) is 0 Å². The maximum Gasteiger partial charge on any atom is 0.123 e. The summed E-state index contributed by atoms with van der Waals surface area (Å²) < 4.78 is 0. The van der Waals surface area contributed by atoms with Crippen LogP contribution in [0.25, 0.3) is 6.08 Å². The summed E-state index contributed by atoms with van der Waals surface area (Å²) in [7, 11) is 0. The van der Waals surface area contributed by atoms with Gasteiger partial charge in [0, 0.05) is 17.0 Å². The number of phenols is 2. The Balaban J connectivity index is 2.28. The third kappa shape index (κ3) is 0.687. The monoisotopic (exact) mass is 174 g/mol. The van der Waals surface area contributed by atoms with Gasteiger partial charge in [0.2, 0.25) is 0 Å². The smallest absolute Gasteiger partial charge is 0.123 e. The standard InChI is InChI=1S/C11H10O2/c1-5-6-4-7-8(12)2-3-9(13)11(7)10(5)6/h2-5,10,12-13H,1H3. The second kappa shape index (κ2) is 1.90. The molecule has 2 heteroatoms. The van der Waals surface area contributed by atoms with E-state index >= 15 is 0 Å². The number of hydrogen-bond donors (Lipinski definition) is 2. The van der Waals surface area contributed by atoms with Gasteiger partial charge in [0.15, 0.2) is 0 Å². The van der Waals surface area contributed by atoms with Gasteiger partial charge >= 0.3 is 0 Å². The van der Waals surface area contributed by atoms with Crippen LogP contribution in [0.3, 0.4) is 0 Å². The van der Waals surface area contributed by atoms with Crippen molar-refractivity contribution in [3.8, 4) is 11.5 Å². The minimum Gasteiger partial charge on any atom is -0.508 e. The summed E-state index contributed by atoms with van der Waals surface area (Å²) in [6.45, 7) is 2.14. The van der Waals surface area contributed by atoms with E-state index in [0.717, 1.165) is 11.1 Å². The fourth-order valence-corrected chi connectivity index (χ4v) is 2.32. The molecule has 2 nitrogen and oxygen atoms in total. The summed E-state index contributed by atoms with van der Waals surface area (Å²) in [5.74, 6) is 1.52. The van der Waals surface area contributed by atoms with Crippen LogP contribution in [0.1, 0.15) is 24.0 Å². The first-order valence-corrected chi connectivity index (χ1v) is 4.46. The molecule has 1 aromatic rings. The molecule has 3 rings (SSSR count). The summed E-state index contributed by atoms with van der Waals surface area (Å²) in [4.78, 5) is 0. The molecule has 0 aliphatic heterocycles. The number of phenolic OH excluding ortho intramolecular Hbond substituents is 2. The molecule has 0 aromatic heterocycles. The van der Waals surface area contributed by atoms with Gasteiger partial charge in [-0.1, -0.05) is 18.6 Å². The van der Waals surface area contributed by atoms with Crippen molar-refractivity contribution in [2.75, 3.05) is 0 Å². The average Bonchev–Trinajstić information content (AvgIpc) is 2.63. The van der Waals surface area contributed by atoms with Gasteiger partial charge in [-0.15, -0.1) is 0 Å². The lowest BCUT2D eigenvalue weighted by Gasteiger charge is -2.06. The zero-order valence-electron chi connectivity index (χ0n) is 7.28. The van der Waals surface area contributed by atoms with Crippen LogP contribution in [0, 0.1) is 5.92 Å². The van der Waals surface area contributed by atoms with Crippen LogP contribution in [-0.4, -0.2) is 10.2 Å². The Hall–Kier alpha value is -1.44. The van der Waals surface area contributed by atoms with Crippen LogP contribution in [0.2, 0.25) is 0 Å². The van der Waals surface area contributed by atoms with Gasteiger partial charge < -0.3 is 10.2 Å². The second-order valence-electron chi connectivity index (χ2n) is 3.84. The number of rotatable bonds is 0. The molecule has 0 radical (unpaired) electrons. The van der Waals surface area contributed by atoms with Crippen molar-refractivity contribution >= 4 is 6.08 Å². The fraction of sp³-hybridized carbons (Fsp3) is 0.273. The molecule has 2 atom stereocenters. The van der Waals surface area contributed by atoms with Crippen molar-refractivity contribution in [1.82, 2.24) is 0 Å². The third-order valence-electron chi connectivity index (χ3n) is 3.14. The highest BCUT2D eigenvalue weighted by Gasteiger charge is 2.48. The van der Waals surface area contributed by atoms with Gasteiger partial charge in [-0.2, -0.15) is 0 Å². The van der Waals surface area contributed by atoms with E-state index < -0.39 is 0 Å². The maximum absolute atomic E-state index is 9.63. The highest BCUT2D eigenvalue weighted by molar-refractivity contribution is 5.80. The molecule has 0 spiro atoms. The van der Waals surface area contributed by atoms with Gasteiger partial charge in [0.05, 0.1) is 0 Å². The van der Waals surface area contributed by atoms with Crippen LogP contribution >= 0.6 is 0 Å². The zero-order chi connectivity index (χ0) is 9.16. The Bertz CT molecular complexity index is 432. The van der Waals surface area contributed by atoms with Crippen LogP contribution < -0.4 is 0 Å². The molecule has 1 saturated carbocycles. The van der Waals surface area contributed by atoms with Crippen LogP contribution in [0.4, 0.5) is 0 Å². The number of hydrogen-bond acceptors (Lipinski definition) is 2. The van der Waals surface area contributed by atoms with Crippen LogP contribution in [0.15, 0.2) is 17.7 Å². The SMILES string of the molecule is CC1C2=Cc3c(O)ccc(O)c3C21. The highest BCUT2D eigenvalue weighted by Crippen LogP contribution is 2.62. The zero-order valence-corrected chi connectivity index (χ0v) is 7.28. The lowest BCUT2D eigenvalue weighted by Crippen LogP contribution is -1.87. The maximum atomic E-state index is 9.63. The van der Waals surface area contributed by atoms with E-state index in [1.54, 1.807) is 12.1 Å². The highest BCUT2D eigenvalue weighted by atomic mass is 16.3. The first kappa shape index (κ1) is 7.01. The van der Waals surface area contributed by atoms with Crippen molar-refractivity contribution in [3.05, 3.63) is 28.8 Å². The van der Waals surface area contributed by atoms with E-state index in [-0.39, 0.29) is 5.75 Å². The van der Waals surface area contributed by atoms with E-state index in [0.29, 0.717) is 17.6 Å². The first-order valence-electron chi connectivity index (χ1n) is 4.46. The Morgan fingerprint density at radius 1 is 1.15 bits per heavy atom. The number of allylic oxidation sites excluding steroid dienone is 1. The summed E-state index contributed by atoms with van der Waals surface area (Å²) >= 11 is 0. The summed E-state index contributed by atoms with van der Waals surface area (Å²) in [6.07, 6.45) is 2.00. The van der Waals surface area contributed by atoms with Gasteiger partial charge in [-0.25, -0.2) is 0 Å². The normalized spacial score (nSPS) is 27.9. The van der Waals surface area contributed by atoms with Crippen molar-refractivity contribution < 1.29 is 10.2 Å². The quantitative estimate of drug-likeness (QED) is 0.592. The molecule has 0 amide bonds. The predicted octanol–water partition coefficient (Wildman–Crippen LogP) is 2.23. The van der Waals surface area contributed by atoms with Crippen molar-refractivity contribution in [1.29, 1.82) is 0 Å².